The lowest BCUT2D eigenvalue weighted by molar-refractivity contribution is 0.350. The maximum absolute atomic E-state index is 5.40. The quantitative estimate of drug-likeness (QED) is 0.705. The van der Waals surface area contributed by atoms with Crippen molar-refractivity contribution >= 4 is 0 Å². The third-order valence-corrected chi connectivity index (χ3v) is 5.07. The summed E-state index contributed by atoms with van der Waals surface area (Å²) in [6.45, 7) is 2.03. The molecule has 0 bridgehead atoms. The molecule has 4 rings (SSSR count). The van der Waals surface area contributed by atoms with Crippen LogP contribution >= 0.6 is 0 Å². The molecule has 1 fully saturated rings. The fourth-order valence-corrected chi connectivity index (χ4v) is 3.81. The van der Waals surface area contributed by atoms with Crippen molar-refractivity contribution in [2.24, 2.45) is 0 Å². The number of rotatable bonds is 4. The number of aromatic nitrogens is 5. The molecule has 134 valence electrons. The van der Waals surface area contributed by atoms with Gasteiger partial charge in [0.15, 0.2) is 5.82 Å². The standard InChI is InChI=1S/C20H23N5O/c1-14-23-24-19(25(14)16-7-4-3-5-8-16)18-13-15(10-12-21-18)17-9-6-11-22-20(17)26-2/h6,9-13,16H,3-5,7-8H2,1-2H3. The first-order valence-electron chi connectivity index (χ1n) is 9.15. The Bertz CT molecular complexity index is 899. The second-order valence-electron chi connectivity index (χ2n) is 6.72. The lowest BCUT2D eigenvalue weighted by atomic mass is 9.95. The van der Waals surface area contributed by atoms with Gasteiger partial charge in [-0.2, -0.15) is 0 Å². The molecule has 0 saturated heterocycles. The SMILES string of the molecule is COc1ncccc1-c1ccnc(-c2nnc(C)n2C2CCCCC2)c1. The van der Waals surface area contributed by atoms with Gasteiger partial charge in [-0.25, -0.2) is 4.98 Å². The second kappa shape index (κ2) is 7.23. The van der Waals surface area contributed by atoms with Crippen LogP contribution in [0.4, 0.5) is 0 Å². The predicted molar refractivity (Wildman–Crippen MR) is 99.9 cm³/mol. The van der Waals surface area contributed by atoms with Crippen LogP contribution in [0, 0.1) is 6.92 Å². The summed E-state index contributed by atoms with van der Waals surface area (Å²) in [5, 5.41) is 8.78. The van der Waals surface area contributed by atoms with Gasteiger partial charge in [0.25, 0.3) is 0 Å². The third-order valence-electron chi connectivity index (χ3n) is 5.07. The van der Waals surface area contributed by atoms with Gasteiger partial charge in [0.2, 0.25) is 5.88 Å². The van der Waals surface area contributed by atoms with E-state index in [-0.39, 0.29) is 0 Å². The average Bonchev–Trinajstić information content (AvgIpc) is 3.10. The van der Waals surface area contributed by atoms with E-state index >= 15 is 0 Å². The maximum Gasteiger partial charge on any atom is 0.221 e. The summed E-state index contributed by atoms with van der Waals surface area (Å²) in [7, 11) is 1.64. The first kappa shape index (κ1) is 16.7. The number of hydrogen-bond donors (Lipinski definition) is 0. The Hall–Kier alpha value is -2.76. The fraction of sp³-hybridized carbons (Fsp3) is 0.400. The molecule has 6 heteroatoms. The number of nitrogens with zero attached hydrogens (tertiary/aromatic N) is 5. The summed E-state index contributed by atoms with van der Waals surface area (Å²) in [6.07, 6.45) is 9.76. The van der Waals surface area contributed by atoms with Crippen LogP contribution < -0.4 is 4.74 Å². The highest BCUT2D eigenvalue weighted by Gasteiger charge is 2.22. The monoisotopic (exact) mass is 349 g/mol. The van der Waals surface area contributed by atoms with Crippen LogP contribution in [-0.2, 0) is 0 Å². The lowest BCUT2D eigenvalue weighted by Gasteiger charge is -2.25. The molecule has 6 nitrogen and oxygen atoms in total. The Morgan fingerprint density at radius 1 is 1.04 bits per heavy atom. The van der Waals surface area contributed by atoms with Gasteiger partial charge in [-0.05, 0) is 49.6 Å². The first-order valence-corrected chi connectivity index (χ1v) is 9.15. The molecule has 3 heterocycles. The molecule has 0 spiro atoms. The number of hydrogen-bond acceptors (Lipinski definition) is 5. The second-order valence-corrected chi connectivity index (χ2v) is 6.72. The van der Waals surface area contributed by atoms with E-state index in [9.17, 15) is 0 Å². The number of ether oxygens (including phenoxy) is 1. The van der Waals surface area contributed by atoms with Crippen molar-refractivity contribution in [1.29, 1.82) is 0 Å². The van der Waals surface area contributed by atoms with Crippen molar-refractivity contribution in [2.45, 2.75) is 45.1 Å². The first-order chi connectivity index (χ1) is 12.8. The van der Waals surface area contributed by atoms with Gasteiger partial charge in [-0.15, -0.1) is 10.2 Å². The van der Waals surface area contributed by atoms with Gasteiger partial charge < -0.3 is 9.30 Å². The van der Waals surface area contributed by atoms with Crippen LogP contribution in [0.3, 0.4) is 0 Å². The minimum absolute atomic E-state index is 0.465. The molecule has 0 unspecified atom stereocenters. The maximum atomic E-state index is 5.40. The summed E-state index contributed by atoms with van der Waals surface area (Å²) >= 11 is 0. The molecular formula is C20H23N5O. The Labute approximate surface area is 153 Å². The van der Waals surface area contributed by atoms with Crippen LogP contribution in [-0.4, -0.2) is 31.8 Å². The molecule has 3 aromatic heterocycles. The molecule has 26 heavy (non-hydrogen) atoms. The van der Waals surface area contributed by atoms with Crippen LogP contribution in [0.25, 0.3) is 22.6 Å². The summed E-state index contributed by atoms with van der Waals surface area (Å²) in [5.41, 5.74) is 2.79. The molecule has 0 radical (unpaired) electrons. The summed E-state index contributed by atoms with van der Waals surface area (Å²) in [4.78, 5) is 8.87. The van der Waals surface area contributed by atoms with Crippen molar-refractivity contribution in [3.8, 4) is 28.5 Å². The minimum Gasteiger partial charge on any atom is -0.481 e. The molecule has 0 aliphatic heterocycles. The zero-order chi connectivity index (χ0) is 17.9. The molecule has 0 atom stereocenters. The Morgan fingerprint density at radius 2 is 1.88 bits per heavy atom. The van der Waals surface area contributed by atoms with Gasteiger partial charge in [0.05, 0.1) is 7.11 Å². The molecule has 1 aliphatic carbocycles. The Balaban J connectivity index is 1.76. The average molecular weight is 349 g/mol. The van der Waals surface area contributed by atoms with Crippen molar-refractivity contribution < 1.29 is 4.74 Å². The fourth-order valence-electron chi connectivity index (χ4n) is 3.81. The molecule has 0 aromatic carbocycles. The molecular weight excluding hydrogens is 326 g/mol. The van der Waals surface area contributed by atoms with E-state index in [2.05, 4.69) is 24.7 Å². The van der Waals surface area contributed by atoms with Gasteiger partial charge in [-0.3, -0.25) is 4.98 Å². The van der Waals surface area contributed by atoms with Crippen LogP contribution in [0.15, 0.2) is 36.7 Å². The van der Waals surface area contributed by atoms with E-state index in [1.54, 1.807) is 13.3 Å². The molecule has 3 aromatic rings. The van der Waals surface area contributed by atoms with Crippen LogP contribution in [0.1, 0.15) is 44.0 Å². The summed E-state index contributed by atoms with van der Waals surface area (Å²) in [5.74, 6) is 2.41. The predicted octanol–water partition coefficient (Wildman–Crippen LogP) is 4.22. The van der Waals surface area contributed by atoms with E-state index < -0.39 is 0 Å². The van der Waals surface area contributed by atoms with Gasteiger partial charge >= 0.3 is 0 Å². The van der Waals surface area contributed by atoms with E-state index in [1.165, 1.54) is 32.1 Å². The highest BCUT2D eigenvalue weighted by molar-refractivity contribution is 5.71. The highest BCUT2D eigenvalue weighted by Crippen LogP contribution is 2.34. The number of methoxy groups -OCH3 is 1. The van der Waals surface area contributed by atoms with E-state index in [4.69, 9.17) is 4.74 Å². The van der Waals surface area contributed by atoms with Gasteiger partial charge in [-0.1, -0.05) is 19.3 Å². The van der Waals surface area contributed by atoms with Crippen LogP contribution in [0.2, 0.25) is 0 Å². The van der Waals surface area contributed by atoms with E-state index in [0.29, 0.717) is 11.9 Å². The Morgan fingerprint density at radius 3 is 2.69 bits per heavy atom. The van der Waals surface area contributed by atoms with Crippen molar-refractivity contribution in [3.63, 3.8) is 0 Å². The molecule has 1 aliphatic rings. The van der Waals surface area contributed by atoms with Gasteiger partial charge in [0, 0.05) is 24.0 Å². The zero-order valence-corrected chi connectivity index (χ0v) is 15.2. The Kier molecular flexibility index (Phi) is 4.65. The lowest BCUT2D eigenvalue weighted by Crippen LogP contribution is -2.15. The minimum atomic E-state index is 0.465. The topological polar surface area (TPSA) is 65.7 Å². The van der Waals surface area contributed by atoms with Gasteiger partial charge in [0.1, 0.15) is 11.5 Å². The molecule has 0 amide bonds. The summed E-state index contributed by atoms with van der Waals surface area (Å²) in [6, 6.07) is 8.39. The molecule has 1 saturated carbocycles. The zero-order valence-electron chi connectivity index (χ0n) is 15.2. The largest absolute Gasteiger partial charge is 0.481 e. The summed E-state index contributed by atoms with van der Waals surface area (Å²) < 4.78 is 7.67. The third kappa shape index (κ3) is 3.07. The number of pyridine rings is 2. The number of aryl methyl sites for hydroxylation is 1. The van der Waals surface area contributed by atoms with Crippen molar-refractivity contribution in [1.82, 2.24) is 24.7 Å². The van der Waals surface area contributed by atoms with Crippen LogP contribution in [0.5, 0.6) is 5.88 Å². The van der Waals surface area contributed by atoms with E-state index in [0.717, 1.165) is 28.5 Å². The van der Waals surface area contributed by atoms with Crippen molar-refractivity contribution in [3.05, 3.63) is 42.5 Å². The highest BCUT2D eigenvalue weighted by atomic mass is 16.5. The van der Waals surface area contributed by atoms with Crippen molar-refractivity contribution in [2.75, 3.05) is 7.11 Å². The normalized spacial score (nSPS) is 15.2. The van der Waals surface area contributed by atoms with E-state index in [1.807, 2.05) is 37.4 Å². The molecule has 0 N–H and O–H groups in total. The smallest absolute Gasteiger partial charge is 0.221 e.